The lowest BCUT2D eigenvalue weighted by atomic mass is 10.3. The molecule has 0 aromatic carbocycles. The minimum Gasteiger partial charge on any atom is -0.472 e. The van der Waals surface area contributed by atoms with E-state index in [4.69, 9.17) is 4.42 Å². The number of furan rings is 1. The highest BCUT2D eigenvalue weighted by Gasteiger charge is 2.11. The van der Waals surface area contributed by atoms with E-state index >= 15 is 0 Å². The second kappa shape index (κ2) is 2.69. The summed E-state index contributed by atoms with van der Waals surface area (Å²) in [7, 11) is 0. The molecule has 2 N–H and O–H groups in total. The van der Waals surface area contributed by atoms with Crippen molar-refractivity contribution in [1.82, 2.24) is 10.9 Å². The first-order valence-corrected chi connectivity index (χ1v) is 3.48. The fourth-order valence-electron chi connectivity index (χ4n) is 0.921. The molecule has 0 unspecified atom stereocenters. The Morgan fingerprint density at radius 2 is 2.42 bits per heavy atom. The molecule has 5 heteroatoms. The summed E-state index contributed by atoms with van der Waals surface area (Å²) in [5, 5.41) is 0. The van der Waals surface area contributed by atoms with Gasteiger partial charge in [-0.3, -0.25) is 20.6 Å². The molecule has 5 nitrogen and oxygen atoms in total. The summed E-state index contributed by atoms with van der Waals surface area (Å²) in [5.41, 5.74) is 5.95. The molecular formula is C7H7N3O2. The molecule has 0 radical (unpaired) electrons. The van der Waals surface area contributed by atoms with Crippen molar-refractivity contribution in [3.8, 4) is 0 Å². The third kappa shape index (κ3) is 1.16. The Balaban J connectivity index is 2.21. The van der Waals surface area contributed by atoms with Crippen LogP contribution in [0.3, 0.4) is 0 Å². The monoisotopic (exact) mass is 165 g/mol. The van der Waals surface area contributed by atoms with Crippen LogP contribution in [0.5, 0.6) is 0 Å². The zero-order valence-electron chi connectivity index (χ0n) is 6.20. The van der Waals surface area contributed by atoms with Crippen molar-refractivity contribution in [1.29, 1.82) is 0 Å². The van der Waals surface area contributed by atoms with Crippen molar-refractivity contribution in [3.05, 3.63) is 24.2 Å². The first-order chi connectivity index (χ1) is 5.86. The van der Waals surface area contributed by atoms with Crippen LogP contribution in [0.25, 0.3) is 0 Å². The van der Waals surface area contributed by atoms with Gasteiger partial charge in [-0.15, -0.1) is 0 Å². The van der Waals surface area contributed by atoms with Gasteiger partial charge in [0.1, 0.15) is 12.8 Å². The molecule has 12 heavy (non-hydrogen) atoms. The van der Waals surface area contributed by atoms with Crippen molar-refractivity contribution in [2.45, 2.75) is 0 Å². The SMILES string of the molecule is O=C1CN=C(c2ccoc2)NN1. The van der Waals surface area contributed by atoms with Gasteiger partial charge in [0.05, 0.1) is 11.8 Å². The summed E-state index contributed by atoms with van der Waals surface area (Å²) in [6, 6.07) is 1.77. The molecule has 1 aliphatic rings. The summed E-state index contributed by atoms with van der Waals surface area (Å²) in [6.07, 6.45) is 3.11. The van der Waals surface area contributed by atoms with Crippen LogP contribution in [0.15, 0.2) is 28.0 Å². The van der Waals surface area contributed by atoms with E-state index in [1.807, 2.05) is 0 Å². The van der Waals surface area contributed by atoms with E-state index in [0.717, 1.165) is 5.56 Å². The maximum Gasteiger partial charge on any atom is 0.260 e. The van der Waals surface area contributed by atoms with Gasteiger partial charge in [-0.2, -0.15) is 0 Å². The highest BCUT2D eigenvalue weighted by atomic mass is 16.3. The Labute approximate surface area is 68.4 Å². The van der Waals surface area contributed by atoms with E-state index in [0.29, 0.717) is 5.84 Å². The van der Waals surface area contributed by atoms with Gasteiger partial charge < -0.3 is 4.42 Å². The second-order valence-electron chi connectivity index (χ2n) is 2.35. The molecule has 1 aromatic heterocycles. The quantitative estimate of drug-likeness (QED) is 0.598. The third-order valence-corrected chi connectivity index (χ3v) is 1.50. The minimum atomic E-state index is -0.137. The molecule has 0 saturated carbocycles. The Morgan fingerprint density at radius 1 is 1.50 bits per heavy atom. The van der Waals surface area contributed by atoms with Crippen LogP contribution in [-0.2, 0) is 4.79 Å². The highest BCUT2D eigenvalue weighted by Crippen LogP contribution is 2.01. The van der Waals surface area contributed by atoms with Crippen LogP contribution in [0.2, 0.25) is 0 Å². The largest absolute Gasteiger partial charge is 0.472 e. The van der Waals surface area contributed by atoms with Crippen LogP contribution in [0.1, 0.15) is 5.56 Å². The standard InChI is InChI=1S/C7H7N3O2/c11-6-3-8-7(10-9-6)5-1-2-12-4-5/h1-2,4H,3H2,(H,8,10)(H,9,11). The van der Waals surface area contributed by atoms with Crippen LogP contribution >= 0.6 is 0 Å². The third-order valence-electron chi connectivity index (χ3n) is 1.50. The van der Waals surface area contributed by atoms with Crippen LogP contribution < -0.4 is 10.9 Å². The average molecular weight is 165 g/mol. The first kappa shape index (κ1) is 6.90. The normalized spacial score (nSPS) is 16.3. The number of rotatable bonds is 1. The smallest absolute Gasteiger partial charge is 0.260 e. The van der Waals surface area contributed by atoms with Gasteiger partial charge in [-0.1, -0.05) is 0 Å². The lowest BCUT2D eigenvalue weighted by Gasteiger charge is -2.13. The van der Waals surface area contributed by atoms with Gasteiger partial charge in [0.2, 0.25) is 0 Å². The number of nitrogens with one attached hydrogen (secondary N) is 2. The number of amidine groups is 1. The molecule has 0 atom stereocenters. The molecule has 2 rings (SSSR count). The summed E-state index contributed by atoms with van der Waals surface area (Å²) < 4.78 is 4.86. The van der Waals surface area contributed by atoms with Crippen molar-refractivity contribution in [2.24, 2.45) is 4.99 Å². The number of amides is 1. The van der Waals surface area contributed by atoms with Crippen molar-refractivity contribution in [2.75, 3.05) is 6.54 Å². The Morgan fingerprint density at radius 3 is 3.00 bits per heavy atom. The van der Waals surface area contributed by atoms with Gasteiger partial charge >= 0.3 is 0 Å². The molecule has 0 bridgehead atoms. The molecule has 1 amide bonds. The van der Waals surface area contributed by atoms with Gasteiger partial charge in [0.25, 0.3) is 5.91 Å². The van der Waals surface area contributed by atoms with Crippen molar-refractivity contribution >= 4 is 11.7 Å². The maximum absolute atomic E-state index is 10.7. The first-order valence-electron chi connectivity index (χ1n) is 3.48. The van der Waals surface area contributed by atoms with Gasteiger partial charge in [-0.05, 0) is 6.07 Å². The number of hydrogen-bond acceptors (Lipinski definition) is 4. The van der Waals surface area contributed by atoms with Crippen molar-refractivity contribution < 1.29 is 9.21 Å². The second-order valence-corrected chi connectivity index (χ2v) is 2.35. The number of carbonyl (C=O) groups is 1. The molecule has 2 heterocycles. The Hall–Kier alpha value is -1.78. The minimum absolute atomic E-state index is 0.137. The zero-order valence-corrected chi connectivity index (χ0v) is 6.20. The number of hydrazine groups is 1. The molecule has 1 aromatic rings. The van der Waals surface area contributed by atoms with E-state index in [1.165, 1.54) is 0 Å². The summed E-state index contributed by atoms with van der Waals surface area (Å²) in [5.74, 6) is 0.491. The van der Waals surface area contributed by atoms with Crippen LogP contribution in [0, 0.1) is 0 Å². The van der Waals surface area contributed by atoms with Gasteiger partial charge in [0.15, 0.2) is 5.84 Å². The van der Waals surface area contributed by atoms with E-state index in [-0.39, 0.29) is 12.5 Å². The molecule has 0 aliphatic carbocycles. The number of nitrogens with zero attached hydrogens (tertiary/aromatic N) is 1. The summed E-state index contributed by atoms with van der Waals surface area (Å²) in [6.45, 7) is 0.160. The Bertz CT molecular complexity index is 315. The van der Waals surface area contributed by atoms with Crippen LogP contribution in [0.4, 0.5) is 0 Å². The van der Waals surface area contributed by atoms with Crippen LogP contribution in [-0.4, -0.2) is 18.3 Å². The van der Waals surface area contributed by atoms with E-state index in [1.54, 1.807) is 18.6 Å². The molecule has 0 saturated heterocycles. The fourth-order valence-corrected chi connectivity index (χ4v) is 0.921. The van der Waals surface area contributed by atoms with E-state index in [2.05, 4.69) is 15.8 Å². The summed E-state index contributed by atoms with van der Waals surface area (Å²) >= 11 is 0. The predicted molar refractivity (Wildman–Crippen MR) is 41.4 cm³/mol. The number of aliphatic imine (C=N–C) groups is 1. The Kier molecular flexibility index (Phi) is 1.55. The lowest BCUT2D eigenvalue weighted by Crippen LogP contribution is -2.47. The number of carbonyl (C=O) groups excluding carboxylic acids is 1. The zero-order chi connectivity index (χ0) is 8.39. The fraction of sp³-hybridized carbons (Fsp3) is 0.143. The molecular weight excluding hydrogens is 158 g/mol. The maximum atomic E-state index is 10.7. The van der Waals surface area contributed by atoms with E-state index in [9.17, 15) is 4.79 Å². The predicted octanol–water partition coefficient (Wildman–Crippen LogP) is -0.339. The lowest BCUT2D eigenvalue weighted by molar-refractivity contribution is -0.120. The van der Waals surface area contributed by atoms with Crippen molar-refractivity contribution in [3.63, 3.8) is 0 Å². The molecule has 62 valence electrons. The molecule has 0 spiro atoms. The van der Waals surface area contributed by atoms with Gasteiger partial charge in [0, 0.05) is 0 Å². The number of hydrogen-bond donors (Lipinski definition) is 2. The molecule has 0 fully saturated rings. The topological polar surface area (TPSA) is 66.6 Å². The highest BCUT2D eigenvalue weighted by molar-refractivity contribution is 6.02. The summed E-state index contributed by atoms with van der Waals surface area (Å²) in [4.78, 5) is 14.7. The molecule has 1 aliphatic heterocycles. The van der Waals surface area contributed by atoms with E-state index < -0.39 is 0 Å². The average Bonchev–Trinajstić information content (AvgIpc) is 2.58. The van der Waals surface area contributed by atoms with Gasteiger partial charge in [-0.25, -0.2) is 0 Å².